The number of hydrogen-bond donors (Lipinski definition) is 1. The predicted molar refractivity (Wildman–Crippen MR) is 82.0 cm³/mol. The summed E-state index contributed by atoms with van der Waals surface area (Å²) in [6.45, 7) is 6.36. The van der Waals surface area contributed by atoms with Crippen LogP contribution in [0.4, 0.5) is 0 Å². The fourth-order valence-corrected chi connectivity index (χ4v) is 3.80. The molecule has 0 aliphatic carbocycles. The standard InChI is InChI=1S/C14H23N3O4S/c1-5-6-11-7-17(8-12(11)16-22(4,19)20)14(18)13-9(2)15-10(3)21-13/h11-12,16H,5-8H2,1-4H3/t11-,12-/m1/s1. The van der Waals surface area contributed by atoms with Gasteiger partial charge in [-0.1, -0.05) is 13.3 Å². The summed E-state index contributed by atoms with van der Waals surface area (Å²) in [5, 5.41) is 0. The zero-order valence-corrected chi connectivity index (χ0v) is 14.2. The number of sulfonamides is 1. The van der Waals surface area contributed by atoms with Crippen molar-refractivity contribution in [2.45, 2.75) is 39.7 Å². The maximum Gasteiger partial charge on any atom is 0.291 e. The van der Waals surface area contributed by atoms with Gasteiger partial charge in [0.1, 0.15) is 0 Å². The molecule has 0 unspecified atom stereocenters. The molecule has 2 rings (SSSR count). The number of hydrogen-bond acceptors (Lipinski definition) is 5. The fourth-order valence-electron chi connectivity index (χ4n) is 2.98. The van der Waals surface area contributed by atoms with Crippen molar-refractivity contribution in [1.29, 1.82) is 0 Å². The number of amides is 1. The highest BCUT2D eigenvalue weighted by molar-refractivity contribution is 7.88. The first-order valence-corrected chi connectivity index (χ1v) is 9.31. The minimum atomic E-state index is -3.30. The van der Waals surface area contributed by atoms with Crippen LogP contribution in [-0.2, 0) is 10.0 Å². The van der Waals surface area contributed by atoms with Crippen molar-refractivity contribution in [3.05, 3.63) is 17.3 Å². The monoisotopic (exact) mass is 329 g/mol. The second-order valence-electron chi connectivity index (χ2n) is 5.90. The smallest absolute Gasteiger partial charge is 0.291 e. The summed E-state index contributed by atoms with van der Waals surface area (Å²) in [6, 6.07) is -0.247. The minimum Gasteiger partial charge on any atom is -0.436 e. The van der Waals surface area contributed by atoms with Crippen molar-refractivity contribution in [2.24, 2.45) is 5.92 Å². The Morgan fingerprint density at radius 1 is 1.41 bits per heavy atom. The van der Waals surface area contributed by atoms with Gasteiger partial charge in [0.25, 0.3) is 5.91 Å². The van der Waals surface area contributed by atoms with Crippen LogP contribution in [0, 0.1) is 19.8 Å². The molecule has 8 heteroatoms. The third-order valence-electron chi connectivity index (χ3n) is 3.85. The molecule has 124 valence electrons. The molecule has 1 amide bonds. The highest BCUT2D eigenvalue weighted by Gasteiger charge is 2.37. The molecular formula is C14H23N3O4S. The van der Waals surface area contributed by atoms with Gasteiger partial charge in [0, 0.05) is 26.1 Å². The van der Waals surface area contributed by atoms with Gasteiger partial charge in [-0.05, 0) is 19.3 Å². The number of carbonyl (C=O) groups is 1. The summed E-state index contributed by atoms with van der Waals surface area (Å²) < 4.78 is 31.0. The minimum absolute atomic E-state index is 0.119. The molecule has 0 saturated carbocycles. The van der Waals surface area contributed by atoms with E-state index in [9.17, 15) is 13.2 Å². The molecule has 1 aliphatic heterocycles. The Labute approximate surface area is 131 Å². The Hall–Kier alpha value is -1.41. The lowest BCUT2D eigenvalue weighted by atomic mass is 9.99. The van der Waals surface area contributed by atoms with Crippen molar-refractivity contribution in [3.63, 3.8) is 0 Å². The number of carbonyl (C=O) groups excluding carboxylic acids is 1. The zero-order valence-electron chi connectivity index (χ0n) is 13.4. The van der Waals surface area contributed by atoms with Gasteiger partial charge in [-0.25, -0.2) is 18.1 Å². The lowest BCUT2D eigenvalue weighted by Gasteiger charge is -2.17. The van der Waals surface area contributed by atoms with E-state index < -0.39 is 10.0 Å². The maximum atomic E-state index is 12.6. The van der Waals surface area contributed by atoms with Gasteiger partial charge in [0.2, 0.25) is 15.8 Å². The molecule has 1 N–H and O–H groups in total. The van der Waals surface area contributed by atoms with E-state index in [0.29, 0.717) is 24.7 Å². The average Bonchev–Trinajstić information content (AvgIpc) is 2.91. The van der Waals surface area contributed by atoms with E-state index in [1.807, 2.05) is 6.92 Å². The lowest BCUT2D eigenvalue weighted by molar-refractivity contribution is 0.0751. The van der Waals surface area contributed by atoms with Gasteiger partial charge in [-0.2, -0.15) is 0 Å². The molecule has 1 fully saturated rings. The molecule has 0 radical (unpaired) electrons. The Kier molecular flexibility index (Phi) is 4.91. The molecule has 1 aromatic rings. The van der Waals surface area contributed by atoms with Gasteiger partial charge in [0.05, 0.1) is 11.9 Å². The predicted octanol–water partition coefficient (Wildman–Crippen LogP) is 1.08. The van der Waals surface area contributed by atoms with Crippen molar-refractivity contribution in [3.8, 4) is 0 Å². The van der Waals surface area contributed by atoms with Gasteiger partial charge in [-0.3, -0.25) is 4.79 Å². The number of nitrogens with one attached hydrogen (secondary N) is 1. The van der Waals surface area contributed by atoms with Crippen LogP contribution in [0.15, 0.2) is 4.42 Å². The van der Waals surface area contributed by atoms with Crippen LogP contribution in [0.3, 0.4) is 0 Å². The van der Waals surface area contributed by atoms with Crippen molar-refractivity contribution in [2.75, 3.05) is 19.3 Å². The highest BCUT2D eigenvalue weighted by atomic mass is 32.2. The molecule has 22 heavy (non-hydrogen) atoms. The Morgan fingerprint density at radius 2 is 2.09 bits per heavy atom. The third-order valence-corrected chi connectivity index (χ3v) is 4.58. The first kappa shape index (κ1) is 17.0. The van der Waals surface area contributed by atoms with Crippen molar-refractivity contribution < 1.29 is 17.6 Å². The van der Waals surface area contributed by atoms with Crippen molar-refractivity contribution in [1.82, 2.24) is 14.6 Å². The molecule has 0 bridgehead atoms. The molecular weight excluding hydrogens is 306 g/mol. The molecule has 2 atom stereocenters. The van der Waals surface area contributed by atoms with Gasteiger partial charge in [-0.15, -0.1) is 0 Å². The van der Waals surface area contributed by atoms with E-state index in [4.69, 9.17) is 4.42 Å². The van der Waals surface area contributed by atoms with Crippen LogP contribution in [0.1, 0.15) is 41.9 Å². The number of aryl methyl sites for hydroxylation is 2. The SMILES string of the molecule is CCC[C@@H]1CN(C(=O)c2oc(C)nc2C)C[C@H]1NS(C)(=O)=O. The average molecular weight is 329 g/mol. The topological polar surface area (TPSA) is 92.5 Å². The van der Waals surface area contributed by atoms with Crippen LogP contribution < -0.4 is 4.72 Å². The third kappa shape index (κ3) is 3.86. The van der Waals surface area contributed by atoms with Crippen molar-refractivity contribution >= 4 is 15.9 Å². The van der Waals surface area contributed by atoms with E-state index in [1.54, 1.807) is 18.7 Å². The van der Waals surface area contributed by atoms with Crippen LogP contribution in [0.5, 0.6) is 0 Å². The summed E-state index contributed by atoms with van der Waals surface area (Å²) >= 11 is 0. The zero-order chi connectivity index (χ0) is 16.5. The first-order valence-electron chi connectivity index (χ1n) is 7.42. The maximum absolute atomic E-state index is 12.6. The molecule has 1 saturated heterocycles. The van der Waals surface area contributed by atoms with E-state index in [2.05, 4.69) is 9.71 Å². The van der Waals surface area contributed by atoms with Crippen LogP contribution in [0.25, 0.3) is 0 Å². The quantitative estimate of drug-likeness (QED) is 0.872. The van der Waals surface area contributed by atoms with Gasteiger partial charge >= 0.3 is 0 Å². The van der Waals surface area contributed by atoms with Gasteiger partial charge < -0.3 is 9.32 Å². The Balaban J connectivity index is 2.16. The van der Waals surface area contributed by atoms with Crippen LogP contribution >= 0.6 is 0 Å². The van der Waals surface area contributed by atoms with E-state index >= 15 is 0 Å². The second-order valence-corrected chi connectivity index (χ2v) is 7.68. The van der Waals surface area contributed by atoms with E-state index in [0.717, 1.165) is 19.1 Å². The summed E-state index contributed by atoms with van der Waals surface area (Å²) in [4.78, 5) is 18.3. The molecule has 1 aliphatic rings. The number of aromatic nitrogens is 1. The summed E-state index contributed by atoms with van der Waals surface area (Å²) in [7, 11) is -3.30. The highest BCUT2D eigenvalue weighted by Crippen LogP contribution is 2.25. The molecule has 7 nitrogen and oxygen atoms in total. The number of likely N-dealkylation sites (tertiary alicyclic amines) is 1. The second kappa shape index (κ2) is 6.37. The molecule has 2 heterocycles. The summed E-state index contributed by atoms with van der Waals surface area (Å²) in [5.41, 5.74) is 0.564. The fraction of sp³-hybridized carbons (Fsp3) is 0.714. The number of oxazole rings is 1. The Morgan fingerprint density at radius 3 is 2.59 bits per heavy atom. The number of nitrogens with zero attached hydrogens (tertiary/aromatic N) is 2. The summed E-state index contributed by atoms with van der Waals surface area (Å²) in [6.07, 6.45) is 2.95. The summed E-state index contributed by atoms with van der Waals surface area (Å²) in [5.74, 6) is 0.591. The van der Waals surface area contributed by atoms with Crippen LogP contribution in [0.2, 0.25) is 0 Å². The lowest BCUT2D eigenvalue weighted by Crippen LogP contribution is -2.40. The molecule has 1 aromatic heterocycles. The largest absolute Gasteiger partial charge is 0.436 e. The van der Waals surface area contributed by atoms with Gasteiger partial charge in [0.15, 0.2) is 5.89 Å². The molecule has 0 aromatic carbocycles. The van der Waals surface area contributed by atoms with E-state index in [-0.39, 0.29) is 23.6 Å². The van der Waals surface area contributed by atoms with E-state index in [1.165, 1.54) is 0 Å². The molecule has 0 spiro atoms. The normalized spacial score (nSPS) is 22.3. The Bertz CT molecular complexity index is 653. The number of rotatable bonds is 5. The van der Waals surface area contributed by atoms with Crippen LogP contribution in [-0.4, -0.2) is 49.6 Å². The first-order chi connectivity index (χ1) is 10.2.